The minimum atomic E-state index is -0.292. The van der Waals surface area contributed by atoms with Gasteiger partial charge in [-0.15, -0.1) is 5.10 Å². The van der Waals surface area contributed by atoms with Crippen molar-refractivity contribution in [3.8, 4) is 0 Å². The lowest BCUT2D eigenvalue weighted by Gasteiger charge is -2.30. The minimum Gasteiger partial charge on any atom is -0.355 e. The zero-order valence-corrected chi connectivity index (χ0v) is 14.9. The van der Waals surface area contributed by atoms with Crippen molar-refractivity contribution < 1.29 is 9.18 Å². The van der Waals surface area contributed by atoms with E-state index in [1.54, 1.807) is 12.3 Å². The summed E-state index contributed by atoms with van der Waals surface area (Å²) in [5, 5.41) is 8.19. The van der Waals surface area contributed by atoms with Crippen LogP contribution >= 0.6 is 0 Å². The Hall–Kier alpha value is -2.50. The van der Waals surface area contributed by atoms with Crippen LogP contribution in [0.25, 0.3) is 0 Å². The second-order valence-corrected chi connectivity index (χ2v) is 7.37. The Balaban J connectivity index is 1.42. The van der Waals surface area contributed by atoms with Gasteiger partial charge in [-0.2, -0.15) is 5.10 Å². The first-order chi connectivity index (χ1) is 12.6. The molecule has 4 rings (SSSR count). The number of carbonyl (C=O) groups is 1. The van der Waals surface area contributed by atoms with E-state index in [9.17, 15) is 9.18 Å². The molecule has 2 aliphatic rings. The van der Waals surface area contributed by atoms with Gasteiger partial charge < -0.3 is 9.80 Å². The van der Waals surface area contributed by atoms with Crippen LogP contribution in [0.15, 0.2) is 42.6 Å². The number of carbonyl (C=O) groups excluding carboxylic acids is 1. The molecular weight excluding hydrogens is 331 g/mol. The number of halogens is 1. The number of hydrogen-bond acceptors (Lipinski definition) is 4. The van der Waals surface area contributed by atoms with Crippen LogP contribution in [0.2, 0.25) is 0 Å². The standard InChI is InChI=1S/C20H23FN4O/c1-24(19-6-3-9-22-23-19)18-8-7-15-12-25(13-17(15)18)20(26)11-14-4-2-5-16(21)10-14/h2-6,9-10,15,17-18H,7-8,11-13H2,1H3/t15-,17+,18-/m1/s1. The summed E-state index contributed by atoms with van der Waals surface area (Å²) in [6.45, 7) is 1.58. The fourth-order valence-corrected chi connectivity index (χ4v) is 4.51. The van der Waals surface area contributed by atoms with Crippen molar-refractivity contribution in [2.45, 2.75) is 25.3 Å². The molecule has 3 atom stereocenters. The van der Waals surface area contributed by atoms with Crippen LogP contribution in [0.3, 0.4) is 0 Å². The average Bonchev–Trinajstić information content (AvgIpc) is 3.22. The summed E-state index contributed by atoms with van der Waals surface area (Å²) in [5.74, 6) is 1.67. The third-order valence-corrected chi connectivity index (χ3v) is 5.83. The van der Waals surface area contributed by atoms with E-state index in [1.807, 2.05) is 23.1 Å². The summed E-state index contributed by atoms with van der Waals surface area (Å²) in [7, 11) is 2.06. The lowest BCUT2D eigenvalue weighted by molar-refractivity contribution is -0.129. The number of likely N-dealkylation sites (tertiary alicyclic amines) is 1. The van der Waals surface area contributed by atoms with Crippen LogP contribution < -0.4 is 4.90 Å². The first-order valence-electron chi connectivity index (χ1n) is 9.14. The molecule has 1 saturated carbocycles. The molecule has 136 valence electrons. The summed E-state index contributed by atoms with van der Waals surface area (Å²) in [5.41, 5.74) is 0.736. The number of rotatable bonds is 4. The number of amides is 1. The molecular formula is C20H23FN4O. The van der Waals surface area contributed by atoms with Crippen molar-refractivity contribution in [3.63, 3.8) is 0 Å². The van der Waals surface area contributed by atoms with Gasteiger partial charge in [0.2, 0.25) is 5.91 Å². The number of hydrogen-bond donors (Lipinski definition) is 0. The van der Waals surface area contributed by atoms with Crippen LogP contribution in [0.1, 0.15) is 18.4 Å². The third kappa shape index (κ3) is 3.28. The van der Waals surface area contributed by atoms with E-state index < -0.39 is 0 Å². The molecule has 5 nitrogen and oxygen atoms in total. The van der Waals surface area contributed by atoms with E-state index in [2.05, 4.69) is 22.1 Å². The van der Waals surface area contributed by atoms with Crippen LogP contribution in [-0.4, -0.2) is 47.2 Å². The van der Waals surface area contributed by atoms with E-state index in [1.165, 1.54) is 12.1 Å². The number of anilines is 1. The largest absolute Gasteiger partial charge is 0.355 e. The molecule has 0 spiro atoms. The average molecular weight is 354 g/mol. The predicted molar refractivity (Wildman–Crippen MR) is 97.1 cm³/mol. The second-order valence-electron chi connectivity index (χ2n) is 7.37. The van der Waals surface area contributed by atoms with Crippen molar-refractivity contribution in [1.29, 1.82) is 0 Å². The molecule has 0 bridgehead atoms. The molecule has 0 unspecified atom stereocenters. The third-order valence-electron chi connectivity index (χ3n) is 5.83. The Kier molecular flexibility index (Phi) is 4.57. The molecule has 2 aromatic rings. The Bertz CT molecular complexity index is 784. The quantitative estimate of drug-likeness (QED) is 0.847. The molecule has 0 radical (unpaired) electrons. The number of benzene rings is 1. The monoisotopic (exact) mass is 354 g/mol. The SMILES string of the molecule is CN(c1cccnn1)[C@@H]1CC[C@@H]2CN(C(=O)Cc3cccc(F)c3)C[C@@H]21. The predicted octanol–water partition coefficient (Wildman–Crippen LogP) is 2.53. The van der Waals surface area contributed by atoms with Gasteiger partial charge in [-0.25, -0.2) is 4.39 Å². The van der Waals surface area contributed by atoms with Gasteiger partial charge in [0.25, 0.3) is 0 Å². The minimum absolute atomic E-state index is 0.0888. The lowest BCUT2D eigenvalue weighted by Crippen LogP contribution is -2.39. The summed E-state index contributed by atoms with van der Waals surface area (Å²) < 4.78 is 13.3. The summed E-state index contributed by atoms with van der Waals surface area (Å²) in [6, 6.07) is 10.6. The van der Waals surface area contributed by atoms with Gasteiger partial charge in [0.1, 0.15) is 5.82 Å². The van der Waals surface area contributed by atoms with Gasteiger partial charge in [0, 0.05) is 38.3 Å². The topological polar surface area (TPSA) is 49.3 Å². The van der Waals surface area contributed by atoms with Crippen LogP contribution in [0.4, 0.5) is 10.2 Å². The first-order valence-corrected chi connectivity index (χ1v) is 9.14. The Morgan fingerprint density at radius 3 is 2.92 bits per heavy atom. The molecule has 1 aliphatic carbocycles. The summed E-state index contributed by atoms with van der Waals surface area (Å²) >= 11 is 0. The van der Waals surface area contributed by atoms with E-state index in [0.717, 1.165) is 37.3 Å². The summed E-state index contributed by atoms with van der Waals surface area (Å²) in [6.07, 6.45) is 4.19. The molecule has 1 amide bonds. The van der Waals surface area contributed by atoms with Crippen LogP contribution in [-0.2, 0) is 11.2 Å². The highest BCUT2D eigenvalue weighted by Gasteiger charge is 2.45. The summed E-state index contributed by atoms with van der Waals surface area (Å²) in [4.78, 5) is 16.8. The lowest BCUT2D eigenvalue weighted by atomic mass is 9.97. The van der Waals surface area contributed by atoms with Crippen molar-refractivity contribution in [2.75, 3.05) is 25.0 Å². The van der Waals surface area contributed by atoms with Crippen molar-refractivity contribution >= 4 is 11.7 Å². The molecule has 26 heavy (non-hydrogen) atoms. The number of aromatic nitrogens is 2. The normalized spacial score (nSPS) is 24.5. The Morgan fingerprint density at radius 1 is 1.27 bits per heavy atom. The Labute approximate surface area is 152 Å². The maximum Gasteiger partial charge on any atom is 0.227 e. The molecule has 1 aromatic heterocycles. The molecule has 1 aromatic carbocycles. The molecule has 6 heteroatoms. The fourth-order valence-electron chi connectivity index (χ4n) is 4.51. The zero-order chi connectivity index (χ0) is 18.1. The van der Waals surface area contributed by atoms with E-state index >= 15 is 0 Å². The molecule has 2 heterocycles. The van der Waals surface area contributed by atoms with Gasteiger partial charge >= 0.3 is 0 Å². The highest BCUT2D eigenvalue weighted by Crippen LogP contribution is 2.41. The highest BCUT2D eigenvalue weighted by atomic mass is 19.1. The molecule has 0 N–H and O–H groups in total. The Morgan fingerprint density at radius 2 is 2.15 bits per heavy atom. The van der Waals surface area contributed by atoms with Gasteiger partial charge in [-0.05, 0) is 48.6 Å². The van der Waals surface area contributed by atoms with Crippen LogP contribution in [0, 0.1) is 17.7 Å². The first kappa shape index (κ1) is 16.9. The maximum atomic E-state index is 13.3. The van der Waals surface area contributed by atoms with E-state index in [0.29, 0.717) is 17.9 Å². The fraction of sp³-hybridized carbons (Fsp3) is 0.450. The maximum absolute atomic E-state index is 13.3. The smallest absolute Gasteiger partial charge is 0.227 e. The van der Waals surface area contributed by atoms with Crippen LogP contribution in [0.5, 0.6) is 0 Å². The van der Waals surface area contributed by atoms with Gasteiger partial charge in [-0.3, -0.25) is 4.79 Å². The van der Waals surface area contributed by atoms with E-state index in [-0.39, 0.29) is 18.1 Å². The van der Waals surface area contributed by atoms with Gasteiger partial charge in [-0.1, -0.05) is 12.1 Å². The number of nitrogens with zero attached hydrogens (tertiary/aromatic N) is 4. The van der Waals surface area contributed by atoms with E-state index in [4.69, 9.17) is 0 Å². The molecule has 1 saturated heterocycles. The van der Waals surface area contributed by atoms with Crippen molar-refractivity contribution in [1.82, 2.24) is 15.1 Å². The zero-order valence-electron chi connectivity index (χ0n) is 14.9. The number of fused-ring (bicyclic) bond motifs is 1. The van der Waals surface area contributed by atoms with Crippen molar-refractivity contribution in [2.24, 2.45) is 11.8 Å². The van der Waals surface area contributed by atoms with Gasteiger partial charge in [0.15, 0.2) is 5.82 Å². The van der Waals surface area contributed by atoms with Gasteiger partial charge in [0.05, 0.1) is 6.42 Å². The molecule has 2 fully saturated rings. The second kappa shape index (κ2) is 7.02. The van der Waals surface area contributed by atoms with Crippen molar-refractivity contribution in [3.05, 3.63) is 54.0 Å². The highest BCUT2D eigenvalue weighted by molar-refractivity contribution is 5.79. The molecule has 1 aliphatic heterocycles.